The van der Waals surface area contributed by atoms with E-state index in [9.17, 15) is 27.2 Å². The summed E-state index contributed by atoms with van der Waals surface area (Å²) in [7, 11) is 0. The largest absolute Gasteiger partial charge is 0.465 e. The maximum absolute atomic E-state index is 13.9. The minimum atomic E-state index is -4.62. The number of likely N-dealkylation sites (tertiary alicyclic amines) is 1. The third-order valence-electron chi connectivity index (χ3n) is 5.48. The molecule has 6 nitrogen and oxygen atoms in total. The Kier molecular flexibility index (Phi) is 8.50. The highest BCUT2D eigenvalue weighted by Gasteiger charge is 2.41. The van der Waals surface area contributed by atoms with Crippen LogP contribution >= 0.6 is 0 Å². The first-order valence-corrected chi connectivity index (χ1v) is 10.5. The van der Waals surface area contributed by atoms with Gasteiger partial charge in [0.1, 0.15) is 18.4 Å². The van der Waals surface area contributed by atoms with E-state index in [1.165, 1.54) is 37.1 Å². The number of nitrogens with one attached hydrogen (secondary N) is 1. The van der Waals surface area contributed by atoms with Crippen LogP contribution in [0.25, 0.3) is 0 Å². The molecule has 3 atom stereocenters. The van der Waals surface area contributed by atoms with E-state index in [1.54, 1.807) is 0 Å². The molecule has 1 unspecified atom stereocenters. The Bertz CT molecular complexity index is 789. The van der Waals surface area contributed by atoms with E-state index in [2.05, 4.69) is 20.8 Å². The number of rotatable bonds is 3. The summed E-state index contributed by atoms with van der Waals surface area (Å²) in [5.74, 6) is -2.29. The Labute approximate surface area is 184 Å². The number of nitrogens with zero attached hydrogens (tertiary/aromatic N) is 1. The lowest BCUT2D eigenvalue weighted by Crippen LogP contribution is -2.56. The van der Waals surface area contributed by atoms with Crippen molar-refractivity contribution >= 4 is 12.0 Å². The molecule has 0 aliphatic carbocycles. The van der Waals surface area contributed by atoms with Gasteiger partial charge in [0.15, 0.2) is 0 Å². The predicted octanol–water partition coefficient (Wildman–Crippen LogP) is 4.55. The fourth-order valence-electron chi connectivity index (χ4n) is 3.96. The summed E-state index contributed by atoms with van der Waals surface area (Å²) in [4.78, 5) is 23.3. The summed E-state index contributed by atoms with van der Waals surface area (Å²) in [6.07, 6.45) is -3.23. The molecular weight excluding hydrogens is 432 g/mol. The predicted molar refractivity (Wildman–Crippen MR) is 110 cm³/mol. The van der Waals surface area contributed by atoms with Gasteiger partial charge in [-0.1, -0.05) is 39.0 Å². The Hall–Kier alpha value is -2.36. The Morgan fingerprint density at radius 2 is 1.91 bits per heavy atom. The topological polar surface area (TPSA) is 78.9 Å². The second kappa shape index (κ2) is 10.5. The van der Waals surface area contributed by atoms with Crippen LogP contribution in [0.15, 0.2) is 24.3 Å². The van der Waals surface area contributed by atoms with Crippen LogP contribution in [0.4, 0.5) is 22.4 Å². The Morgan fingerprint density at radius 1 is 1.25 bits per heavy atom. The van der Waals surface area contributed by atoms with Gasteiger partial charge in [-0.2, -0.15) is 13.2 Å². The van der Waals surface area contributed by atoms with E-state index < -0.39 is 42.5 Å². The molecule has 0 spiro atoms. The molecule has 3 rings (SSSR count). The fourth-order valence-corrected chi connectivity index (χ4v) is 3.96. The molecule has 2 amide bonds. The zero-order chi connectivity index (χ0) is 24.1. The number of hydrogen-bond donors (Lipinski definition) is 2. The SMILES string of the molecule is CC(C)(C)C1CCCO1.O=C(O)N[C@H]1C[C@@H](c2ccccc2F)CN(CC(F)(F)F)C1=O. The van der Waals surface area contributed by atoms with E-state index in [-0.39, 0.29) is 18.5 Å². The summed E-state index contributed by atoms with van der Waals surface area (Å²) >= 11 is 0. The molecule has 1 aromatic carbocycles. The van der Waals surface area contributed by atoms with Crippen molar-refractivity contribution in [1.29, 1.82) is 0 Å². The normalized spacial score (nSPS) is 24.0. The van der Waals surface area contributed by atoms with Crippen molar-refractivity contribution in [2.24, 2.45) is 5.41 Å². The first kappa shape index (κ1) is 25.9. The average Bonchev–Trinajstić information content (AvgIpc) is 3.20. The molecule has 2 aliphatic rings. The summed E-state index contributed by atoms with van der Waals surface area (Å²) in [5.41, 5.74) is 0.514. The molecule has 0 bridgehead atoms. The van der Waals surface area contributed by atoms with Gasteiger partial charge in [0.05, 0.1) is 6.10 Å². The van der Waals surface area contributed by atoms with Crippen molar-refractivity contribution in [3.63, 3.8) is 0 Å². The summed E-state index contributed by atoms with van der Waals surface area (Å²) in [6, 6.07) is 4.21. The highest BCUT2D eigenvalue weighted by atomic mass is 19.4. The zero-order valence-electron chi connectivity index (χ0n) is 18.4. The Morgan fingerprint density at radius 3 is 2.38 bits per heavy atom. The van der Waals surface area contributed by atoms with Crippen LogP contribution < -0.4 is 5.32 Å². The highest BCUT2D eigenvalue weighted by Crippen LogP contribution is 2.31. The van der Waals surface area contributed by atoms with Crippen molar-refractivity contribution in [2.75, 3.05) is 19.7 Å². The number of piperidine rings is 1. The van der Waals surface area contributed by atoms with Crippen LogP contribution in [0.5, 0.6) is 0 Å². The smallest absolute Gasteiger partial charge is 0.406 e. The lowest BCUT2D eigenvalue weighted by Gasteiger charge is -2.37. The van der Waals surface area contributed by atoms with Crippen LogP contribution in [0.1, 0.15) is 51.5 Å². The van der Waals surface area contributed by atoms with Gasteiger partial charge >= 0.3 is 12.3 Å². The molecule has 2 heterocycles. The molecule has 2 saturated heterocycles. The van der Waals surface area contributed by atoms with Crippen LogP contribution in [-0.4, -0.2) is 60.0 Å². The monoisotopic (exact) mass is 462 g/mol. The maximum atomic E-state index is 13.9. The number of hydrogen-bond acceptors (Lipinski definition) is 3. The Balaban J connectivity index is 0.000000336. The molecule has 2 N–H and O–H groups in total. The van der Waals surface area contributed by atoms with E-state index in [1.807, 2.05) is 5.32 Å². The van der Waals surface area contributed by atoms with Gasteiger partial charge in [-0.15, -0.1) is 0 Å². The van der Waals surface area contributed by atoms with E-state index in [0.29, 0.717) is 16.4 Å². The molecule has 0 aromatic heterocycles. The van der Waals surface area contributed by atoms with Crippen LogP contribution in [0.2, 0.25) is 0 Å². The molecule has 2 fully saturated rings. The number of carbonyl (C=O) groups is 2. The van der Waals surface area contributed by atoms with Crippen molar-refractivity contribution in [3.8, 4) is 0 Å². The average molecular weight is 462 g/mol. The number of ether oxygens (including phenoxy) is 1. The van der Waals surface area contributed by atoms with Crippen LogP contribution in [0, 0.1) is 11.2 Å². The molecule has 2 aliphatic heterocycles. The van der Waals surface area contributed by atoms with E-state index in [4.69, 9.17) is 9.84 Å². The van der Waals surface area contributed by atoms with Gasteiger partial charge in [-0.3, -0.25) is 4.79 Å². The van der Waals surface area contributed by atoms with Crippen molar-refractivity contribution < 1.29 is 37.0 Å². The van der Waals surface area contributed by atoms with Crippen LogP contribution in [0.3, 0.4) is 0 Å². The lowest BCUT2D eigenvalue weighted by atomic mass is 9.87. The second-order valence-corrected chi connectivity index (χ2v) is 9.16. The highest BCUT2D eigenvalue weighted by molar-refractivity contribution is 5.86. The number of carbonyl (C=O) groups excluding carboxylic acids is 1. The summed E-state index contributed by atoms with van der Waals surface area (Å²) in [5, 5.41) is 10.6. The number of amides is 2. The van der Waals surface area contributed by atoms with Crippen molar-refractivity contribution in [2.45, 2.75) is 64.3 Å². The zero-order valence-corrected chi connectivity index (χ0v) is 18.4. The molecule has 1 aromatic rings. The summed E-state index contributed by atoms with van der Waals surface area (Å²) < 4.78 is 57.2. The number of benzene rings is 1. The minimum Gasteiger partial charge on any atom is -0.465 e. The minimum absolute atomic E-state index is 0.0968. The van der Waals surface area contributed by atoms with Crippen molar-refractivity contribution in [3.05, 3.63) is 35.6 Å². The van der Waals surface area contributed by atoms with E-state index in [0.717, 1.165) is 6.61 Å². The van der Waals surface area contributed by atoms with E-state index >= 15 is 0 Å². The molecular formula is C22H30F4N2O4. The summed E-state index contributed by atoms with van der Waals surface area (Å²) in [6.45, 7) is 5.86. The fraction of sp³-hybridized carbons (Fsp3) is 0.636. The first-order valence-electron chi connectivity index (χ1n) is 10.5. The van der Waals surface area contributed by atoms with Gasteiger partial charge in [0, 0.05) is 19.1 Å². The third-order valence-corrected chi connectivity index (χ3v) is 5.48. The quantitative estimate of drug-likeness (QED) is 0.646. The van der Waals surface area contributed by atoms with Crippen LogP contribution in [-0.2, 0) is 9.53 Å². The number of alkyl halides is 3. The van der Waals surface area contributed by atoms with Gasteiger partial charge in [-0.05, 0) is 36.3 Å². The van der Waals surface area contributed by atoms with Crippen molar-refractivity contribution in [1.82, 2.24) is 10.2 Å². The maximum Gasteiger partial charge on any atom is 0.406 e. The third kappa shape index (κ3) is 7.65. The van der Waals surface area contributed by atoms with Gasteiger partial charge in [0.25, 0.3) is 0 Å². The molecule has 180 valence electrons. The lowest BCUT2D eigenvalue weighted by molar-refractivity contribution is -0.165. The molecule has 10 heteroatoms. The molecule has 32 heavy (non-hydrogen) atoms. The number of carboxylic acid groups (broad SMARTS) is 1. The first-order chi connectivity index (χ1) is 14.8. The second-order valence-electron chi connectivity index (χ2n) is 9.16. The molecule has 0 radical (unpaired) electrons. The van der Waals surface area contributed by atoms with Gasteiger partial charge in [0.2, 0.25) is 5.91 Å². The standard InChI is InChI=1S/C14H14F4N2O3.C8H16O/c15-10-4-2-1-3-9(10)8-5-11(19-13(22)23)12(21)20(6-8)7-14(16,17)18;1-8(2,3)7-5-4-6-9-7/h1-4,8,11,19H,5-7H2,(H,22,23);7H,4-6H2,1-3H3/t8-,11+;/m1./s1. The number of halogens is 4. The molecule has 0 saturated carbocycles. The van der Waals surface area contributed by atoms with Gasteiger partial charge in [-0.25, -0.2) is 9.18 Å². The van der Waals surface area contributed by atoms with Gasteiger partial charge < -0.3 is 20.1 Å².